The van der Waals surface area contributed by atoms with Gasteiger partial charge in [-0.1, -0.05) is 24.3 Å². The first-order valence-corrected chi connectivity index (χ1v) is 9.04. The van der Waals surface area contributed by atoms with Gasteiger partial charge in [-0.15, -0.1) is 11.8 Å². The standard InChI is InChI=1S/C19H23NO3S/c1-3-22-17-11-10-15(12-18(17)23-4-2)13-20-19(21)14-24-16-8-6-5-7-9-16/h5-12H,3-4,13-14H2,1-2H3,(H,20,21). The second-order valence-corrected chi connectivity index (χ2v) is 6.07. The van der Waals surface area contributed by atoms with Gasteiger partial charge in [0.15, 0.2) is 11.5 Å². The van der Waals surface area contributed by atoms with Gasteiger partial charge < -0.3 is 14.8 Å². The minimum atomic E-state index is 0.00991. The van der Waals surface area contributed by atoms with E-state index in [0.717, 1.165) is 16.2 Å². The molecule has 1 amide bonds. The predicted octanol–water partition coefficient (Wildman–Crippen LogP) is 3.89. The number of thioether (sulfide) groups is 1. The highest BCUT2D eigenvalue weighted by molar-refractivity contribution is 8.00. The summed E-state index contributed by atoms with van der Waals surface area (Å²) in [6.45, 7) is 5.51. The third-order valence-corrected chi connectivity index (χ3v) is 4.22. The molecule has 0 bridgehead atoms. The fourth-order valence-corrected chi connectivity index (χ4v) is 2.87. The molecule has 2 aromatic carbocycles. The molecule has 0 radical (unpaired) electrons. The van der Waals surface area contributed by atoms with Crippen LogP contribution < -0.4 is 14.8 Å². The lowest BCUT2D eigenvalue weighted by Gasteiger charge is -2.13. The Kier molecular flexibility index (Phi) is 7.49. The van der Waals surface area contributed by atoms with Gasteiger partial charge in [-0.25, -0.2) is 0 Å². The molecule has 0 saturated carbocycles. The van der Waals surface area contributed by atoms with Crippen molar-refractivity contribution in [1.82, 2.24) is 5.32 Å². The Morgan fingerprint density at radius 1 is 1.00 bits per heavy atom. The molecule has 2 aromatic rings. The molecule has 2 rings (SSSR count). The minimum absolute atomic E-state index is 0.00991. The second kappa shape index (κ2) is 9.88. The molecule has 0 fully saturated rings. The first-order valence-electron chi connectivity index (χ1n) is 8.06. The second-order valence-electron chi connectivity index (χ2n) is 5.03. The van der Waals surface area contributed by atoms with Crippen LogP contribution in [0.5, 0.6) is 11.5 Å². The Balaban J connectivity index is 1.86. The van der Waals surface area contributed by atoms with E-state index in [1.807, 2.05) is 62.4 Å². The first-order chi connectivity index (χ1) is 11.7. The molecule has 5 heteroatoms. The van der Waals surface area contributed by atoms with Crippen LogP contribution in [0, 0.1) is 0 Å². The van der Waals surface area contributed by atoms with Crippen molar-refractivity contribution in [2.24, 2.45) is 0 Å². The molecule has 0 atom stereocenters. The maximum atomic E-state index is 12.0. The van der Waals surface area contributed by atoms with Crippen molar-refractivity contribution in [3.63, 3.8) is 0 Å². The maximum Gasteiger partial charge on any atom is 0.230 e. The Bertz CT molecular complexity index is 646. The van der Waals surface area contributed by atoms with Crippen LogP contribution in [0.15, 0.2) is 53.4 Å². The number of carbonyl (C=O) groups excluding carboxylic acids is 1. The van der Waals surface area contributed by atoms with Crippen LogP contribution in [0.2, 0.25) is 0 Å². The fourth-order valence-electron chi connectivity index (χ4n) is 2.12. The third kappa shape index (κ3) is 5.81. The summed E-state index contributed by atoms with van der Waals surface area (Å²) in [7, 11) is 0. The highest BCUT2D eigenvalue weighted by Crippen LogP contribution is 2.28. The SMILES string of the molecule is CCOc1ccc(CNC(=O)CSc2ccccc2)cc1OCC. The molecule has 4 nitrogen and oxygen atoms in total. The summed E-state index contributed by atoms with van der Waals surface area (Å²) in [6, 6.07) is 15.6. The van der Waals surface area contributed by atoms with Gasteiger partial charge in [0, 0.05) is 11.4 Å². The van der Waals surface area contributed by atoms with E-state index in [-0.39, 0.29) is 5.91 Å². The molecule has 0 spiro atoms. The van der Waals surface area contributed by atoms with Crippen LogP contribution >= 0.6 is 11.8 Å². The van der Waals surface area contributed by atoms with E-state index in [0.29, 0.717) is 31.3 Å². The zero-order chi connectivity index (χ0) is 17.2. The lowest BCUT2D eigenvalue weighted by atomic mass is 10.2. The number of nitrogens with one attached hydrogen (secondary N) is 1. The number of benzene rings is 2. The summed E-state index contributed by atoms with van der Waals surface area (Å²) >= 11 is 1.53. The number of hydrogen-bond donors (Lipinski definition) is 1. The zero-order valence-corrected chi connectivity index (χ0v) is 14.9. The first kappa shape index (κ1) is 18.2. The van der Waals surface area contributed by atoms with Crippen LogP contribution in [-0.4, -0.2) is 24.9 Å². The van der Waals surface area contributed by atoms with Crippen LogP contribution in [0.25, 0.3) is 0 Å². The van der Waals surface area contributed by atoms with Gasteiger partial charge in [0.2, 0.25) is 5.91 Å². The molecule has 0 aliphatic heterocycles. The van der Waals surface area contributed by atoms with E-state index in [2.05, 4.69) is 5.32 Å². The molecule has 24 heavy (non-hydrogen) atoms. The Morgan fingerprint density at radius 2 is 1.71 bits per heavy atom. The van der Waals surface area contributed by atoms with E-state index in [1.54, 1.807) is 0 Å². The van der Waals surface area contributed by atoms with Crippen molar-refractivity contribution >= 4 is 17.7 Å². The van der Waals surface area contributed by atoms with Crippen molar-refractivity contribution in [3.8, 4) is 11.5 Å². The average molecular weight is 345 g/mol. The van der Waals surface area contributed by atoms with Gasteiger partial charge in [-0.2, -0.15) is 0 Å². The number of hydrogen-bond acceptors (Lipinski definition) is 4. The zero-order valence-electron chi connectivity index (χ0n) is 14.1. The van der Waals surface area contributed by atoms with E-state index in [4.69, 9.17) is 9.47 Å². The summed E-state index contributed by atoms with van der Waals surface area (Å²) in [5, 5.41) is 2.93. The van der Waals surface area contributed by atoms with Crippen molar-refractivity contribution in [3.05, 3.63) is 54.1 Å². The van der Waals surface area contributed by atoms with Crippen LogP contribution in [0.1, 0.15) is 19.4 Å². The smallest absolute Gasteiger partial charge is 0.230 e. The number of ether oxygens (including phenoxy) is 2. The topological polar surface area (TPSA) is 47.6 Å². The number of rotatable bonds is 9. The quantitative estimate of drug-likeness (QED) is 0.701. The number of carbonyl (C=O) groups is 1. The molecule has 1 N–H and O–H groups in total. The highest BCUT2D eigenvalue weighted by atomic mass is 32.2. The normalized spacial score (nSPS) is 10.2. The summed E-state index contributed by atoms with van der Waals surface area (Å²) in [5.74, 6) is 1.86. The maximum absolute atomic E-state index is 12.0. The molecule has 0 aliphatic rings. The Morgan fingerprint density at radius 3 is 2.42 bits per heavy atom. The predicted molar refractivity (Wildman–Crippen MR) is 97.8 cm³/mol. The summed E-state index contributed by atoms with van der Waals surface area (Å²) < 4.78 is 11.1. The molecule has 0 unspecified atom stereocenters. The van der Waals surface area contributed by atoms with Crippen molar-refractivity contribution < 1.29 is 14.3 Å². The average Bonchev–Trinajstić information content (AvgIpc) is 2.61. The monoisotopic (exact) mass is 345 g/mol. The van der Waals surface area contributed by atoms with Gasteiger partial charge in [0.1, 0.15) is 0 Å². The summed E-state index contributed by atoms with van der Waals surface area (Å²) in [6.07, 6.45) is 0. The van der Waals surface area contributed by atoms with E-state index in [1.165, 1.54) is 11.8 Å². The number of amides is 1. The van der Waals surface area contributed by atoms with E-state index in [9.17, 15) is 4.79 Å². The molecule has 0 saturated heterocycles. The summed E-state index contributed by atoms with van der Waals surface area (Å²) in [5.41, 5.74) is 0.986. The highest BCUT2D eigenvalue weighted by Gasteiger charge is 2.08. The molecule has 0 aromatic heterocycles. The van der Waals surface area contributed by atoms with Gasteiger partial charge in [0.25, 0.3) is 0 Å². The Hall–Kier alpha value is -2.14. The van der Waals surface area contributed by atoms with Crippen LogP contribution in [0.4, 0.5) is 0 Å². The van der Waals surface area contributed by atoms with Crippen LogP contribution in [0.3, 0.4) is 0 Å². The van der Waals surface area contributed by atoms with E-state index >= 15 is 0 Å². The van der Waals surface area contributed by atoms with E-state index < -0.39 is 0 Å². The van der Waals surface area contributed by atoms with Crippen LogP contribution in [-0.2, 0) is 11.3 Å². The van der Waals surface area contributed by atoms with Crippen molar-refractivity contribution in [2.45, 2.75) is 25.3 Å². The molecule has 0 aliphatic carbocycles. The molecular formula is C19H23NO3S. The minimum Gasteiger partial charge on any atom is -0.490 e. The van der Waals surface area contributed by atoms with Crippen molar-refractivity contribution in [1.29, 1.82) is 0 Å². The third-order valence-electron chi connectivity index (χ3n) is 3.21. The lowest BCUT2D eigenvalue weighted by molar-refractivity contribution is -0.118. The lowest BCUT2D eigenvalue weighted by Crippen LogP contribution is -2.24. The van der Waals surface area contributed by atoms with Gasteiger partial charge in [-0.3, -0.25) is 4.79 Å². The largest absolute Gasteiger partial charge is 0.490 e. The fraction of sp³-hybridized carbons (Fsp3) is 0.316. The molecule has 128 valence electrons. The van der Waals surface area contributed by atoms with Gasteiger partial charge in [0.05, 0.1) is 19.0 Å². The van der Waals surface area contributed by atoms with Gasteiger partial charge in [-0.05, 0) is 43.7 Å². The Labute approximate surface area is 147 Å². The van der Waals surface area contributed by atoms with Crippen molar-refractivity contribution in [2.75, 3.05) is 19.0 Å². The molecule has 0 heterocycles. The molecular weight excluding hydrogens is 322 g/mol. The summed E-state index contributed by atoms with van der Waals surface area (Å²) in [4.78, 5) is 13.1. The van der Waals surface area contributed by atoms with Gasteiger partial charge >= 0.3 is 0 Å².